The minimum Gasteiger partial charge on any atom is -0.378 e. The molecule has 0 N–H and O–H groups in total. The van der Waals surface area contributed by atoms with Crippen molar-refractivity contribution in [3.8, 4) is 0 Å². The van der Waals surface area contributed by atoms with E-state index in [9.17, 15) is 13.2 Å². The Hall–Kier alpha value is -0.610. The number of carbonyl (C=O) groups excluding carboxylic acids is 1. The number of amides is 1. The normalized spacial score (nSPS) is 21.0. The number of hydrogen-bond donors (Lipinski definition) is 0. The summed E-state index contributed by atoms with van der Waals surface area (Å²) in [5, 5.41) is 1.68. The molecule has 2 saturated heterocycles. The van der Waals surface area contributed by atoms with Gasteiger partial charge in [0.05, 0.1) is 13.2 Å². The maximum atomic E-state index is 12.8. The van der Waals surface area contributed by atoms with Gasteiger partial charge in [-0.05, 0) is 11.4 Å². The zero-order valence-corrected chi connectivity index (χ0v) is 14.5. The molecule has 0 saturated carbocycles. The first-order valence-electron chi connectivity index (χ1n) is 7.13. The van der Waals surface area contributed by atoms with Crippen molar-refractivity contribution in [3.63, 3.8) is 0 Å². The third-order valence-electron chi connectivity index (χ3n) is 3.71. The number of thioether (sulfide) groups is 1. The van der Waals surface area contributed by atoms with Gasteiger partial charge in [0.2, 0.25) is 10.0 Å². The van der Waals surface area contributed by atoms with Gasteiger partial charge in [0.1, 0.15) is 9.77 Å². The van der Waals surface area contributed by atoms with Crippen LogP contribution < -0.4 is 0 Å². The Bertz CT molecular complexity index is 631. The molecule has 6 nitrogen and oxygen atoms in total. The lowest BCUT2D eigenvalue weighted by atomic mass is 10.3. The highest BCUT2D eigenvalue weighted by Crippen LogP contribution is 2.28. The highest BCUT2D eigenvalue weighted by molar-refractivity contribution is 7.99. The van der Waals surface area contributed by atoms with Crippen molar-refractivity contribution in [1.82, 2.24) is 9.21 Å². The fourth-order valence-corrected chi connectivity index (χ4v) is 6.43. The van der Waals surface area contributed by atoms with E-state index >= 15 is 0 Å². The van der Waals surface area contributed by atoms with Crippen molar-refractivity contribution in [2.75, 3.05) is 50.9 Å². The summed E-state index contributed by atoms with van der Waals surface area (Å²) in [7, 11) is -3.58. The Kier molecular flexibility index (Phi) is 5.08. The van der Waals surface area contributed by atoms with E-state index in [0.717, 1.165) is 11.5 Å². The fourth-order valence-electron chi connectivity index (χ4n) is 2.49. The number of nitrogens with zero attached hydrogens (tertiary/aromatic N) is 2. The monoisotopic (exact) mass is 362 g/mol. The lowest BCUT2D eigenvalue weighted by molar-refractivity contribution is 0.0304. The molecule has 1 aromatic heterocycles. The van der Waals surface area contributed by atoms with Gasteiger partial charge < -0.3 is 9.64 Å². The number of hydrogen-bond acceptors (Lipinski definition) is 6. The van der Waals surface area contributed by atoms with E-state index in [0.29, 0.717) is 44.3 Å². The largest absolute Gasteiger partial charge is 0.378 e. The van der Waals surface area contributed by atoms with Gasteiger partial charge in [-0.2, -0.15) is 16.1 Å². The molecule has 1 amide bonds. The molecule has 0 bridgehead atoms. The Balaban J connectivity index is 1.86. The van der Waals surface area contributed by atoms with Crippen LogP contribution in [0.2, 0.25) is 0 Å². The summed E-state index contributed by atoms with van der Waals surface area (Å²) in [5.74, 6) is 1.40. The standard InChI is InChI=1S/C13H18N2O4S3/c16-13(14-2-6-19-7-3-14)12-11(1-8-21-12)22(17,18)15-4-9-20-10-5-15/h1,8H,2-7,9-10H2. The third-order valence-corrected chi connectivity index (χ3v) is 7.62. The van der Waals surface area contributed by atoms with Crippen molar-refractivity contribution in [1.29, 1.82) is 0 Å². The Morgan fingerprint density at radius 1 is 1.14 bits per heavy atom. The van der Waals surface area contributed by atoms with E-state index in [-0.39, 0.29) is 10.8 Å². The molecule has 122 valence electrons. The maximum absolute atomic E-state index is 12.8. The average molecular weight is 362 g/mol. The number of rotatable bonds is 3. The highest BCUT2D eigenvalue weighted by atomic mass is 32.2. The molecule has 9 heteroatoms. The van der Waals surface area contributed by atoms with Crippen LogP contribution in [0.25, 0.3) is 0 Å². The first-order chi connectivity index (χ1) is 10.6. The molecule has 3 rings (SSSR count). The van der Waals surface area contributed by atoms with Gasteiger partial charge in [-0.25, -0.2) is 8.42 Å². The second kappa shape index (κ2) is 6.88. The van der Waals surface area contributed by atoms with E-state index in [2.05, 4.69) is 0 Å². The van der Waals surface area contributed by atoms with Gasteiger partial charge in [0.25, 0.3) is 5.91 Å². The van der Waals surface area contributed by atoms with Gasteiger partial charge >= 0.3 is 0 Å². The topological polar surface area (TPSA) is 66.9 Å². The van der Waals surface area contributed by atoms with Crippen LogP contribution in [-0.2, 0) is 14.8 Å². The van der Waals surface area contributed by atoms with Crippen molar-refractivity contribution in [3.05, 3.63) is 16.3 Å². The molecular formula is C13H18N2O4S3. The Labute approximate surface area is 138 Å². The lowest BCUT2D eigenvalue weighted by Gasteiger charge is -2.28. The molecule has 0 aromatic carbocycles. The summed E-state index contributed by atoms with van der Waals surface area (Å²) in [4.78, 5) is 14.7. The molecule has 2 fully saturated rings. The van der Waals surface area contributed by atoms with Crippen LogP contribution in [0.3, 0.4) is 0 Å². The van der Waals surface area contributed by atoms with Crippen molar-refractivity contribution in [2.24, 2.45) is 0 Å². The molecular weight excluding hydrogens is 344 g/mol. The Morgan fingerprint density at radius 2 is 1.82 bits per heavy atom. The predicted molar refractivity (Wildman–Crippen MR) is 87.1 cm³/mol. The number of morpholine rings is 1. The first kappa shape index (κ1) is 16.3. The van der Waals surface area contributed by atoms with Crippen molar-refractivity contribution in [2.45, 2.75) is 4.90 Å². The third kappa shape index (κ3) is 3.18. The molecule has 22 heavy (non-hydrogen) atoms. The molecule has 3 heterocycles. The zero-order chi connectivity index (χ0) is 15.6. The summed E-state index contributed by atoms with van der Waals surface area (Å²) in [5.41, 5.74) is 0. The second-order valence-electron chi connectivity index (χ2n) is 5.04. The SMILES string of the molecule is O=C(c1sccc1S(=O)(=O)N1CCSCC1)N1CCOCC1. The maximum Gasteiger partial charge on any atom is 0.265 e. The van der Waals surface area contributed by atoms with Crippen molar-refractivity contribution < 1.29 is 17.9 Å². The summed E-state index contributed by atoms with van der Waals surface area (Å²) >= 11 is 2.95. The summed E-state index contributed by atoms with van der Waals surface area (Å²) in [6.45, 7) is 3.04. The van der Waals surface area contributed by atoms with Crippen LogP contribution in [0.1, 0.15) is 9.67 Å². The predicted octanol–water partition coefficient (Wildman–Crippen LogP) is 0.958. The molecule has 1 aromatic rings. The second-order valence-corrected chi connectivity index (χ2v) is 9.08. The molecule has 0 atom stereocenters. The summed E-state index contributed by atoms with van der Waals surface area (Å²) < 4.78 is 32.3. The van der Waals surface area contributed by atoms with Gasteiger partial charge in [-0.15, -0.1) is 11.3 Å². The molecule has 0 spiro atoms. The van der Waals surface area contributed by atoms with E-state index in [1.165, 1.54) is 15.6 Å². The van der Waals surface area contributed by atoms with E-state index < -0.39 is 10.0 Å². The molecule has 2 aliphatic heterocycles. The summed E-state index contributed by atoms with van der Waals surface area (Å²) in [6, 6.07) is 1.55. The minimum atomic E-state index is -3.58. The quantitative estimate of drug-likeness (QED) is 0.801. The Morgan fingerprint density at radius 3 is 2.50 bits per heavy atom. The van der Waals surface area contributed by atoms with Crippen LogP contribution >= 0.6 is 23.1 Å². The number of ether oxygens (including phenoxy) is 1. The summed E-state index contributed by atoms with van der Waals surface area (Å²) in [6.07, 6.45) is 0. The minimum absolute atomic E-state index is 0.154. The fraction of sp³-hybridized carbons (Fsp3) is 0.615. The van der Waals surface area contributed by atoms with Crippen molar-refractivity contribution >= 4 is 39.0 Å². The van der Waals surface area contributed by atoms with E-state index in [1.54, 1.807) is 28.1 Å². The van der Waals surface area contributed by atoms with Gasteiger partial charge in [-0.3, -0.25) is 4.79 Å². The molecule has 0 aliphatic carbocycles. The van der Waals surface area contributed by atoms with Gasteiger partial charge in [0, 0.05) is 37.7 Å². The van der Waals surface area contributed by atoms with Crippen LogP contribution in [0.5, 0.6) is 0 Å². The molecule has 0 radical (unpaired) electrons. The first-order valence-corrected chi connectivity index (χ1v) is 10.6. The van der Waals surface area contributed by atoms with Gasteiger partial charge in [-0.1, -0.05) is 0 Å². The van der Waals surface area contributed by atoms with Crippen LogP contribution in [0.15, 0.2) is 16.3 Å². The number of thiophene rings is 1. The lowest BCUT2D eigenvalue weighted by Crippen LogP contribution is -2.42. The van der Waals surface area contributed by atoms with Crippen LogP contribution in [0, 0.1) is 0 Å². The van der Waals surface area contributed by atoms with Crippen LogP contribution in [0.4, 0.5) is 0 Å². The number of carbonyl (C=O) groups is 1. The van der Waals surface area contributed by atoms with Gasteiger partial charge in [0.15, 0.2) is 0 Å². The average Bonchev–Trinajstić information content (AvgIpc) is 3.06. The smallest absolute Gasteiger partial charge is 0.265 e. The van der Waals surface area contributed by atoms with E-state index in [1.807, 2.05) is 0 Å². The molecule has 2 aliphatic rings. The molecule has 0 unspecified atom stereocenters. The number of sulfonamides is 1. The van der Waals surface area contributed by atoms with Crippen LogP contribution in [-0.4, -0.2) is 74.4 Å². The van der Waals surface area contributed by atoms with E-state index in [4.69, 9.17) is 4.74 Å². The zero-order valence-electron chi connectivity index (χ0n) is 12.1. The highest BCUT2D eigenvalue weighted by Gasteiger charge is 2.32.